The second-order valence-electron chi connectivity index (χ2n) is 6.94. The van der Waals surface area contributed by atoms with Gasteiger partial charge in [0.2, 0.25) is 0 Å². The van der Waals surface area contributed by atoms with Crippen LogP contribution in [0.2, 0.25) is 0 Å². The van der Waals surface area contributed by atoms with E-state index < -0.39 is 0 Å². The predicted molar refractivity (Wildman–Crippen MR) is 90.6 cm³/mol. The summed E-state index contributed by atoms with van der Waals surface area (Å²) in [5.74, 6) is 0. The Morgan fingerprint density at radius 3 is 2.81 bits per heavy atom. The predicted octanol–water partition coefficient (Wildman–Crippen LogP) is 4.04. The Kier molecular flexibility index (Phi) is 4.08. The Morgan fingerprint density at radius 1 is 1.14 bits per heavy atom. The van der Waals surface area contributed by atoms with Gasteiger partial charge in [0, 0.05) is 29.1 Å². The highest BCUT2D eigenvalue weighted by Gasteiger charge is 2.38. The van der Waals surface area contributed by atoms with E-state index in [0.29, 0.717) is 6.04 Å². The lowest BCUT2D eigenvalue weighted by Gasteiger charge is -2.35. The third-order valence-corrected chi connectivity index (χ3v) is 6.18. The summed E-state index contributed by atoms with van der Waals surface area (Å²) >= 11 is 3.74. The molecule has 0 bridgehead atoms. The quantitative estimate of drug-likeness (QED) is 0.883. The SMILES string of the molecule is Brc1cccc2c1CCC2N(CC1CCCCN1)C1CC1. The molecule has 1 heterocycles. The number of fused-ring (bicyclic) bond motifs is 1. The van der Waals surface area contributed by atoms with Crippen molar-refractivity contribution >= 4 is 15.9 Å². The Labute approximate surface area is 136 Å². The van der Waals surface area contributed by atoms with Crippen molar-refractivity contribution in [3.8, 4) is 0 Å². The van der Waals surface area contributed by atoms with Crippen molar-refractivity contribution in [1.82, 2.24) is 10.2 Å². The zero-order valence-corrected chi connectivity index (χ0v) is 14.2. The Bertz CT molecular complexity index is 506. The fourth-order valence-corrected chi connectivity index (χ4v) is 4.78. The highest BCUT2D eigenvalue weighted by Crippen LogP contribution is 2.43. The number of piperidine rings is 1. The van der Waals surface area contributed by atoms with E-state index in [-0.39, 0.29) is 0 Å². The van der Waals surface area contributed by atoms with Crippen molar-refractivity contribution in [3.63, 3.8) is 0 Å². The summed E-state index contributed by atoms with van der Waals surface area (Å²) in [5, 5.41) is 3.74. The molecule has 1 saturated carbocycles. The van der Waals surface area contributed by atoms with Crippen LogP contribution in [0.3, 0.4) is 0 Å². The van der Waals surface area contributed by atoms with Crippen LogP contribution in [0.4, 0.5) is 0 Å². The molecule has 2 fully saturated rings. The van der Waals surface area contributed by atoms with Gasteiger partial charge in [-0.2, -0.15) is 0 Å². The van der Waals surface area contributed by atoms with Crippen molar-refractivity contribution in [2.45, 2.75) is 63.1 Å². The number of benzene rings is 1. The first-order valence-electron chi connectivity index (χ1n) is 8.59. The minimum atomic E-state index is 0.661. The summed E-state index contributed by atoms with van der Waals surface area (Å²) in [4.78, 5) is 2.83. The molecule has 1 aromatic rings. The molecule has 0 spiro atoms. The lowest BCUT2D eigenvalue weighted by Crippen LogP contribution is -2.45. The summed E-state index contributed by atoms with van der Waals surface area (Å²) in [6.45, 7) is 2.47. The summed E-state index contributed by atoms with van der Waals surface area (Å²) in [5.41, 5.74) is 3.15. The number of rotatable bonds is 4. The third-order valence-electron chi connectivity index (χ3n) is 5.44. The van der Waals surface area contributed by atoms with Crippen molar-refractivity contribution < 1.29 is 0 Å². The van der Waals surface area contributed by atoms with E-state index in [0.717, 1.165) is 12.1 Å². The number of halogens is 1. The van der Waals surface area contributed by atoms with Crippen molar-refractivity contribution in [1.29, 1.82) is 0 Å². The van der Waals surface area contributed by atoms with Gasteiger partial charge in [-0.3, -0.25) is 4.90 Å². The maximum Gasteiger partial charge on any atom is 0.0358 e. The Hall–Kier alpha value is -0.380. The zero-order valence-electron chi connectivity index (χ0n) is 12.7. The van der Waals surface area contributed by atoms with E-state index in [1.54, 1.807) is 11.1 Å². The first-order chi connectivity index (χ1) is 10.3. The van der Waals surface area contributed by atoms with Crippen LogP contribution in [-0.2, 0) is 6.42 Å². The van der Waals surface area contributed by atoms with Gasteiger partial charge in [-0.25, -0.2) is 0 Å². The maximum absolute atomic E-state index is 3.74. The van der Waals surface area contributed by atoms with E-state index in [2.05, 4.69) is 44.3 Å². The first-order valence-corrected chi connectivity index (χ1v) is 9.38. The molecule has 4 rings (SSSR count). The number of hydrogen-bond acceptors (Lipinski definition) is 2. The van der Waals surface area contributed by atoms with Gasteiger partial charge in [0.15, 0.2) is 0 Å². The van der Waals surface area contributed by atoms with E-state index in [1.165, 1.54) is 62.5 Å². The molecule has 1 aliphatic heterocycles. The molecule has 1 saturated heterocycles. The summed E-state index contributed by atoms with van der Waals surface area (Å²) in [6, 6.07) is 9.01. The van der Waals surface area contributed by atoms with Gasteiger partial charge in [0.25, 0.3) is 0 Å². The summed E-state index contributed by atoms with van der Waals surface area (Å²) < 4.78 is 1.31. The smallest absolute Gasteiger partial charge is 0.0358 e. The van der Waals surface area contributed by atoms with Crippen LogP contribution in [-0.4, -0.2) is 30.1 Å². The molecule has 0 radical (unpaired) electrons. The highest BCUT2D eigenvalue weighted by molar-refractivity contribution is 9.10. The van der Waals surface area contributed by atoms with Crippen LogP contribution < -0.4 is 5.32 Å². The molecule has 2 aliphatic carbocycles. The summed E-state index contributed by atoms with van der Waals surface area (Å²) in [7, 11) is 0. The van der Waals surface area contributed by atoms with E-state index in [9.17, 15) is 0 Å². The number of hydrogen-bond donors (Lipinski definition) is 1. The normalized spacial score (nSPS) is 28.9. The lowest BCUT2D eigenvalue weighted by molar-refractivity contribution is 0.156. The average molecular weight is 349 g/mol. The molecule has 3 aliphatic rings. The van der Waals surface area contributed by atoms with E-state index in [4.69, 9.17) is 0 Å². The third kappa shape index (κ3) is 2.93. The van der Waals surface area contributed by atoms with Crippen LogP contribution >= 0.6 is 15.9 Å². The molecule has 2 nitrogen and oxygen atoms in total. The van der Waals surface area contributed by atoms with Gasteiger partial charge in [-0.05, 0) is 62.3 Å². The fourth-order valence-electron chi connectivity index (χ4n) is 4.20. The van der Waals surface area contributed by atoms with Crippen LogP contribution in [0.1, 0.15) is 55.7 Å². The minimum Gasteiger partial charge on any atom is -0.313 e. The van der Waals surface area contributed by atoms with Crippen molar-refractivity contribution in [2.75, 3.05) is 13.1 Å². The second kappa shape index (κ2) is 6.02. The Morgan fingerprint density at radius 2 is 2.05 bits per heavy atom. The Balaban J connectivity index is 1.54. The van der Waals surface area contributed by atoms with Crippen molar-refractivity contribution in [2.24, 2.45) is 0 Å². The highest BCUT2D eigenvalue weighted by atomic mass is 79.9. The van der Waals surface area contributed by atoms with Gasteiger partial charge in [0.05, 0.1) is 0 Å². The van der Waals surface area contributed by atoms with E-state index in [1.807, 2.05) is 0 Å². The first kappa shape index (κ1) is 14.2. The van der Waals surface area contributed by atoms with Crippen molar-refractivity contribution in [3.05, 3.63) is 33.8 Å². The molecule has 2 unspecified atom stereocenters. The summed E-state index contributed by atoms with van der Waals surface area (Å²) in [6.07, 6.45) is 9.49. The molecule has 3 heteroatoms. The number of nitrogens with one attached hydrogen (secondary N) is 1. The van der Waals surface area contributed by atoms with Gasteiger partial charge < -0.3 is 5.32 Å². The van der Waals surface area contributed by atoms with E-state index >= 15 is 0 Å². The van der Waals surface area contributed by atoms with Crippen LogP contribution in [0.25, 0.3) is 0 Å². The molecule has 1 N–H and O–H groups in total. The molecule has 0 amide bonds. The zero-order chi connectivity index (χ0) is 14.2. The van der Waals surface area contributed by atoms with Gasteiger partial charge >= 0.3 is 0 Å². The molecule has 114 valence electrons. The molecule has 2 atom stereocenters. The van der Waals surface area contributed by atoms with Gasteiger partial charge in [-0.15, -0.1) is 0 Å². The standard InChI is InChI=1S/C18H25BrN2/c19-17-6-3-5-16-15(17)9-10-18(16)21(14-7-8-14)12-13-4-1-2-11-20-13/h3,5-6,13-14,18,20H,1-2,4,7-12H2. The van der Waals surface area contributed by atoms with Gasteiger partial charge in [0.1, 0.15) is 0 Å². The largest absolute Gasteiger partial charge is 0.313 e. The fraction of sp³-hybridized carbons (Fsp3) is 0.667. The molecule has 1 aromatic carbocycles. The second-order valence-corrected chi connectivity index (χ2v) is 7.79. The van der Waals surface area contributed by atoms with Crippen LogP contribution in [0.15, 0.2) is 22.7 Å². The molecule has 0 aromatic heterocycles. The van der Waals surface area contributed by atoms with Crippen LogP contribution in [0, 0.1) is 0 Å². The molecular weight excluding hydrogens is 324 g/mol. The van der Waals surface area contributed by atoms with Gasteiger partial charge in [-0.1, -0.05) is 34.5 Å². The minimum absolute atomic E-state index is 0.661. The molecule has 21 heavy (non-hydrogen) atoms. The lowest BCUT2D eigenvalue weighted by atomic mass is 10.0. The maximum atomic E-state index is 3.74. The molecular formula is C18H25BrN2. The topological polar surface area (TPSA) is 15.3 Å². The van der Waals surface area contributed by atoms with Crippen LogP contribution in [0.5, 0.6) is 0 Å². The average Bonchev–Trinajstić information content (AvgIpc) is 3.26. The monoisotopic (exact) mass is 348 g/mol. The number of nitrogens with zero attached hydrogens (tertiary/aromatic N) is 1.